The highest BCUT2D eigenvalue weighted by atomic mass is 15.0. The molecule has 0 amide bonds. The van der Waals surface area contributed by atoms with E-state index < -0.39 is 11.6 Å². The van der Waals surface area contributed by atoms with Crippen LogP contribution in [0.15, 0.2) is 0 Å². The summed E-state index contributed by atoms with van der Waals surface area (Å²) in [5.74, 6) is -0.249. The summed E-state index contributed by atoms with van der Waals surface area (Å²) in [5, 5.41) is 18.4. The Morgan fingerprint density at radius 3 is 2.00 bits per heavy atom. The lowest BCUT2D eigenvalue weighted by molar-refractivity contribution is 0.000355. The van der Waals surface area contributed by atoms with E-state index in [1.54, 1.807) is 0 Å². The van der Waals surface area contributed by atoms with Gasteiger partial charge >= 0.3 is 0 Å². The van der Waals surface area contributed by atoms with Gasteiger partial charge in [-0.3, -0.25) is 0 Å². The minimum absolute atomic E-state index is 0.233. The lowest BCUT2D eigenvalue weighted by atomic mass is 9.57. The van der Waals surface area contributed by atoms with Crippen LogP contribution in [0.4, 0.5) is 0 Å². The molecule has 4 nitrogen and oxygen atoms in total. The first-order valence-electron chi connectivity index (χ1n) is 8.43. The van der Waals surface area contributed by atoms with E-state index in [0.717, 1.165) is 38.5 Å². The van der Waals surface area contributed by atoms with E-state index in [-0.39, 0.29) is 5.41 Å². The van der Waals surface area contributed by atoms with Crippen molar-refractivity contribution in [3.8, 4) is 12.1 Å². The maximum Gasteiger partial charge on any atom is 0.134 e. The van der Waals surface area contributed by atoms with Crippen molar-refractivity contribution in [1.29, 1.82) is 10.5 Å². The molecule has 2 saturated carbocycles. The lowest BCUT2D eigenvalue weighted by Gasteiger charge is -2.53. The number of nitriles is 2. The molecule has 0 radical (unpaired) electrons. The Kier molecular flexibility index (Phi) is 5.25. The van der Waals surface area contributed by atoms with Crippen LogP contribution >= 0.6 is 0 Å². The molecule has 2 aliphatic rings. The minimum Gasteiger partial charge on any atom is -0.313 e. The molecule has 0 atom stereocenters. The molecule has 0 unspecified atom stereocenters. The van der Waals surface area contributed by atoms with Crippen LogP contribution in [0.25, 0.3) is 0 Å². The van der Waals surface area contributed by atoms with Gasteiger partial charge in [0.15, 0.2) is 0 Å². The SMILES string of the molecule is N#CC(C#N)CC1(C(N)(N)C2CCCCC2)CCCCC1. The molecule has 2 fully saturated rings. The fourth-order valence-electron chi connectivity index (χ4n) is 4.57. The van der Waals surface area contributed by atoms with E-state index in [4.69, 9.17) is 11.5 Å². The van der Waals surface area contributed by atoms with Crippen LogP contribution in [-0.2, 0) is 0 Å². The summed E-state index contributed by atoms with van der Waals surface area (Å²) in [6.45, 7) is 0. The Morgan fingerprint density at radius 2 is 1.48 bits per heavy atom. The molecule has 0 aromatic carbocycles. The van der Waals surface area contributed by atoms with Gasteiger partial charge in [-0.2, -0.15) is 10.5 Å². The van der Waals surface area contributed by atoms with E-state index in [2.05, 4.69) is 12.1 Å². The third-order valence-corrected chi connectivity index (χ3v) is 5.92. The van der Waals surface area contributed by atoms with E-state index in [9.17, 15) is 10.5 Å². The Hall–Kier alpha value is -1.10. The van der Waals surface area contributed by atoms with Crippen LogP contribution in [0.3, 0.4) is 0 Å². The normalized spacial score (nSPS) is 23.5. The van der Waals surface area contributed by atoms with Gasteiger partial charge in [-0.25, -0.2) is 0 Å². The number of rotatable bonds is 4. The summed E-state index contributed by atoms with van der Waals surface area (Å²) in [4.78, 5) is 0. The van der Waals surface area contributed by atoms with Crippen molar-refractivity contribution in [2.24, 2.45) is 28.7 Å². The molecule has 2 rings (SSSR count). The monoisotopic (exact) mass is 288 g/mol. The van der Waals surface area contributed by atoms with Crippen molar-refractivity contribution in [3.05, 3.63) is 0 Å². The van der Waals surface area contributed by atoms with Gasteiger partial charge in [0.1, 0.15) is 5.92 Å². The van der Waals surface area contributed by atoms with E-state index in [1.165, 1.54) is 25.7 Å². The van der Waals surface area contributed by atoms with Gasteiger partial charge in [0.25, 0.3) is 0 Å². The molecule has 0 aliphatic heterocycles. The van der Waals surface area contributed by atoms with Gasteiger partial charge in [0.2, 0.25) is 0 Å². The fourth-order valence-corrected chi connectivity index (χ4v) is 4.57. The molecule has 0 heterocycles. The second-order valence-corrected chi connectivity index (χ2v) is 7.12. The van der Waals surface area contributed by atoms with Gasteiger partial charge in [0.05, 0.1) is 17.8 Å². The highest BCUT2D eigenvalue weighted by Gasteiger charge is 2.51. The summed E-state index contributed by atoms with van der Waals surface area (Å²) in [5.41, 5.74) is 12.5. The summed E-state index contributed by atoms with van der Waals surface area (Å²) >= 11 is 0. The molecule has 0 bridgehead atoms. The van der Waals surface area contributed by atoms with Crippen molar-refractivity contribution in [1.82, 2.24) is 0 Å². The highest BCUT2D eigenvalue weighted by Crippen LogP contribution is 2.51. The summed E-state index contributed by atoms with van der Waals surface area (Å²) < 4.78 is 0. The molecule has 2 aliphatic carbocycles. The molecule has 21 heavy (non-hydrogen) atoms. The standard InChI is InChI=1S/C17H28N4/c18-12-14(13-19)11-16(9-5-2-6-10-16)17(20,21)15-7-3-1-4-8-15/h14-15H,1-11,20-21H2. The largest absolute Gasteiger partial charge is 0.313 e. The van der Waals surface area contributed by atoms with Crippen molar-refractivity contribution in [3.63, 3.8) is 0 Å². The average Bonchev–Trinajstić information content (AvgIpc) is 2.54. The first kappa shape index (κ1) is 16.3. The molecular weight excluding hydrogens is 260 g/mol. The number of hydrogen-bond donors (Lipinski definition) is 2. The fraction of sp³-hybridized carbons (Fsp3) is 0.882. The zero-order valence-electron chi connectivity index (χ0n) is 13.0. The van der Waals surface area contributed by atoms with E-state index in [1.807, 2.05) is 0 Å². The number of nitrogens with zero attached hydrogens (tertiary/aromatic N) is 2. The Labute approximate surface area is 128 Å². The molecule has 4 heteroatoms. The van der Waals surface area contributed by atoms with Crippen LogP contribution in [0, 0.1) is 39.9 Å². The first-order valence-corrected chi connectivity index (χ1v) is 8.43. The molecule has 4 N–H and O–H groups in total. The van der Waals surface area contributed by atoms with Gasteiger partial charge < -0.3 is 11.5 Å². The lowest BCUT2D eigenvalue weighted by Crippen LogP contribution is -2.68. The first-order chi connectivity index (χ1) is 10.1. The van der Waals surface area contributed by atoms with Crippen LogP contribution in [0.5, 0.6) is 0 Å². The smallest absolute Gasteiger partial charge is 0.134 e. The third-order valence-electron chi connectivity index (χ3n) is 5.92. The predicted molar refractivity (Wildman–Crippen MR) is 82.5 cm³/mol. The Balaban J connectivity index is 2.25. The molecule has 0 saturated heterocycles. The van der Waals surface area contributed by atoms with Gasteiger partial charge in [-0.15, -0.1) is 0 Å². The molecule has 0 aromatic rings. The van der Waals surface area contributed by atoms with Crippen molar-refractivity contribution < 1.29 is 0 Å². The topological polar surface area (TPSA) is 99.6 Å². The Morgan fingerprint density at radius 1 is 0.952 bits per heavy atom. The van der Waals surface area contributed by atoms with Crippen LogP contribution in [0.2, 0.25) is 0 Å². The third kappa shape index (κ3) is 3.23. The van der Waals surface area contributed by atoms with E-state index in [0.29, 0.717) is 12.3 Å². The highest BCUT2D eigenvalue weighted by molar-refractivity contribution is 5.10. The van der Waals surface area contributed by atoms with Gasteiger partial charge in [0, 0.05) is 5.41 Å². The molecular formula is C17H28N4. The summed E-state index contributed by atoms with van der Waals surface area (Å²) in [7, 11) is 0. The van der Waals surface area contributed by atoms with Crippen molar-refractivity contribution in [2.75, 3.05) is 0 Å². The Bertz CT molecular complexity index is 403. The number of hydrogen-bond acceptors (Lipinski definition) is 4. The minimum atomic E-state index is -0.736. The van der Waals surface area contributed by atoms with Gasteiger partial charge in [-0.1, -0.05) is 38.5 Å². The predicted octanol–water partition coefficient (Wildman–Crippen LogP) is 3.18. The van der Waals surface area contributed by atoms with Crippen LogP contribution in [-0.4, -0.2) is 5.66 Å². The second kappa shape index (κ2) is 6.77. The zero-order chi connectivity index (χ0) is 15.3. The number of nitrogens with two attached hydrogens (primary N) is 2. The van der Waals surface area contributed by atoms with Crippen LogP contribution < -0.4 is 11.5 Å². The summed E-state index contributed by atoms with van der Waals surface area (Å²) in [6.07, 6.45) is 11.8. The van der Waals surface area contributed by atoms with E-state index >= 15 is 0 Å². The average molecular weight is 288 g/mol. The van der Waals surface area contributed by atoms with Crippen LogP contribution in [0.1, 0.15) is 70.6 Å². The quantitative estimate of drug-likeness (QED) is 0.776. The molecule has 0 spiro atoms. The maximum absolute atomic E-state index is 9.19. The van der Waals surface area contributed by atoms with Crippen molar-refractivity contribution >= 4 is 0 Å². The zero-order valence-corrected chi connectivity index (χ0v) is 13.0. The molecule has 116 valence electrons. The van der Waals surface area contributed by atoms with Gasteiger partial charge in [-0.05, 0) is 38.0 Å². The molecule has 0 aromatic heterocycles. The maximum atomic E-state index is 9.19. The summed E-state index contributed by atoms with van der Waals surface area (Å²) in [6, 6.07) is 4.25. The second-order valence-electron chi connectivity index (χ2n) is 7.12. The van der Waals surface area contributed by atoms with Crippen molar-refractivity contribution in [2.45, 2.75) is 76.3 Å².